The van der Waals surface area contributed by atoms with Crippen LogP contribution in [0.5, 0.6) is 0 Å². The maximum Gasteiger partial charge on any atom is 0.340 e. The van der Waals surface area contributed by atoms with E-state index in [1.54, 1.807) is 14.2 Å². The molecule has 0 N–H and O–H groups in total. The van der Waals surface area contributed by atoms with Crippen LogP contribution in [0.2, 0.25) is 37.8 Å². The quantitative estimate of drug-likeness (QED) is 0.111. The molecule has 2 bridgehead atoms. The summed E-state index contributed by atoms with van der Waals surface area (Å²) >= 11 is 0. The van der Waals surface area contributed by atoms with Gasteiger partial charge in [-0.2, -0.15) is 0 Å². The topological polar surface area (TPSA) is 125 Å². The molecule has 13 heteroatoms. The Kier molecular flexibility index (Phi) is 8.96. The zero-order valence-electron chi connectivity index (χ0n) is 25.8. The highest BCUT2D eigenvalue weighted by Gasteiger charge is 2.70. The van der Waals surface area contributed by atoms with Crippen molar-refractivity contribution in [2.45, 2.75) is 108 Å². The van der Waals surface area contributed by atoms with Crippen LogP contribution in [0.4, 0.5) is 5.69 Å². The summed E-state index contributed by atoms with van der Waals surface area (Å²) in [6, 6.07) is 5.28. The third-order valence-electron chi connectivity index (χ3n) is 8.85. The Morgan fingerprint density at radius 2 is 1.68 bits per heavy atom. The highest BCUT2D eigenvalue weighted by Crippen LogP contribution is 2.58. The average molecular weight is 612 g/mol. The molecule has 2 heterocycles. The van der Waals surface area contributed by atoms with Crippen LogP contribution in [0.1, 0.15) is 44.0 Å². The second kappa shape index (κ2) is 11.4. The van der Waals surface area contributed by atoms with Crippen molar-refractivity contribution in [1.29, 1.82) is 0 Å². The van der Waals surface area contributed by atoms with E-state index in [0.717, 1.165) is 0 Å². The number of ether oxygens (including phenoxy) is 5. The maximum atomic E-state index is 13.0. The molecule has 41 heavy (non-hydrogen) atoms. The summed E-state index contributed by atoms with van der Waals surface area (Å²) in [5, 5.41) is 11.0. The zero-order valence-corrected chi connectivity index (χ0v) is 27.8. The van der Waals surface area contributed by atoms with Crippen molar-refractivity contribution in [2.24, 2.45) is 11.8 Å². The molecule has 3 aliphatic rings. The van der Waals surface area contributed by atoms with E-state index in [-0.39, 0.29) is 46.8 Å². The Bertz CT molecular complexity index is 1110. The first kappa shape index (κ1) is 32.2. The van der Waals surface area contributed by atoms with Crippen LogP contribution >= 0.6 is 0 Å². The Morgan fingerprint density at radius 1 is 1.07 bits per heavy atom. The third kappa shape index (κ3) is 6.32. The fraction of sp³-hybridized carbons (Fsp3) is 0.750. The summed E-state index contributed by atoms with van der Waals surface area (Å²) < 4.78 is 44.4. The Hall–Kier alpha value is -1.72. The number of nitrogens with zero attached hydrogens (tertiary/aromatic N) is 1. The molecule has 0 spiro atoms. The van der Waals surface area contributed by atoms with E-state index < -0.39 is 52.0 Å². The van der Waals surface area contributed by atoms with Crippen molar-refractivity contribution < 1.29 is 42.3 Å². The van der Waals surface area contributed by atoms with Gasteiger partial charge in [0.1, 0.15) is 5.60 Å². The standard InChI is InChI=1S/C28H45NO10Si2/c1-27(2,3)41(9,10)38-23-20-15-19(22(23)25(33-4)34-5)28(39-40(6,7)8)16-21(37-26(28)35-20)36-24(30)17-11-13-18(14-12-17)29(31)32/h11-14,19-23,25-26H,15-16H2,1-10H3/t19-,20+,21+,22+,23+,26-,28+/m1/s1. The predicted molar refractivity (Wildman–Crippen MR) is 155 cm³/mol. The number of hydrogen-bond donors (Lipinski definition) is 0. The number of esters is 1. The number of nitro benzene ring substituents is 1. The van der Waals surface area contributed by atoms with Gasteiger partial charge < -0.3 is 32.5 Å². The average Bonchev–Trinajstić information content (AvgIpc) is 3.35. The van der Waals surface area contributed by atoms with E-state index in [4.69, 9.17) is 32.5 Å². The van der Waals surface area contributed by atoms with Gasteiger partial charge in [0.25, 0.3) is 5.69 Å². The fourth-order valence-corrected chi connectivity index (χ4v) is 8.92. The van der Waals surface area contributed by atoms with Crippen LogP contribution in [0, 0.1) is 22.0 Å². The fourth-order valence-electron chi connectivity index (χ4n) is 6.10. The van der Waals surface area contributed by atoms with Gasteiger partial charge in [0, 0.05) is 44.6 Å². The normalized spacial score (nSPS) is 31.8. The van der Waals surface area contributed by atoms with Crippen molar-refractivity contribution >= 4 is 28.3 Å². The molecule has 0 unspecified atom stereocenters. The van der Waals surface area contributed by atoms with E-state index in [1.165, 1.54) is 24.3 Å². The van der Waals surface area contributed by atoms with Gasteiger partial charge in [-0.1, -0.05) is 20.8 Å². The largest absolute Gasteiger partial charge is 0.432 e. The first-order chi connectivity index (χ1) is 18.9. The predicted octanol–water partition coefficient (Wildman–Crippen LogP) is 5.46. The number of nitro groups is 1. The molecule has 3 fully saturated rings. The van der Waals surface area contributed by atoms with Gasteiger partial charge in [-0.05, 0) is 56.3 Å². The minimum atomic E-state index is -2.21. The molecule has 7 atom stereocenters. The molecule has 230 valence electrons. The molecule has 0 aromatic heterocycles. The van der Waals surface area contributed by atoms with Gasteiger partial charge in [0.2, 0.25) is 6.29 Å². The number of carbonyl (C=O) groups is 1. The van der Waals surface area contributed by atoms with Crippen LogP contribution in [-0.4, -0.2) is 78.4 Å². The zero-order chi connectivity index (χ0) is 30.5. The number of non-ortho nitro benzene ring substituents is 1. The summed E-state index contributed by atoms with van der Waals surface area (Å²) in [6.07, 6.45) is -1.91. The van der Waals surface area contributed by atoms with Crippen LogP contribution in [-0.2, 0) is 32.5 Å². The number of methoxy groups -OCH3 is 2. The number of rotatable bonds is 10. The molecular weight excluding hydrogens is 566 g/mol. The number of carbonyl (C=O) groups excluding carboxylic acids is 1. The Labute approximate surface area is 244 Å². The summed E-state index contributed by atoms with van der Waals surface area (Å²) in [4.78, 5) is 23.5. The smallest absolute Gasteiger partial charge is 0.340 e. The first-order valence-corrected chi connectivity index (χ1v) is 20.4. The van der Waals surface area contributed by atoms with Gasteiger partial charge in [0.15, 0.2) is 29.2 Å². The van der Waals surface area contributed by atoms with Crippen molar-refractivity contribution in [3.05, 3.63) is 39.9 Å². The van der Waals surface area contributed by atoms with Crippen LogP contribution < -0.4 is 0 Å². The van der Waals surface area contributed by atoms with Crippen molar-refractivity contribution in [1.82, 2.24) is 0 Å². The monoisotopic (exact) mass is 611 g/mol. The van der Waals surface area contributed by atoms with E-state index in [9.17, 15) is 14.9 Å². The first-order valence-electron chi connectivity index (χ1n) is 14.1. The van der Waals surface area contributed by atoms with Gasteiger partial charge in [0.05, 0.1) is 22.7 Å². The lowest BCUT2D eigenvalue weighted by Crippen LogP contribution is -2.58. The molecule has 1 saturated carbocycles. The molecule has 0 amide bonds. The Morgan fingerprint density at radius 3 is 2.20 bits per heavy atom. The van der Waals surface area contributed by atoms with E-state index in [2.05, 4.69) is 53.5 Å². The van der Waals surface area contributed by atoms with Crippen LogP contribution in [0.25, 0.3) is 0 Å². The van der Waals surface area contributed by atoms with Gasteiger partial charge in [-0.25, -0.2) is 4.79 Å². The number of hydrogen-bond acceptors (Lipinski definition) is 10. The second-order valence-electron chi connectivity index (χ2n) is 13.8. The van der Waals surface area contributed by atoms with Crippen LogP contribution in [0.15, 0.2) is 24.3 Å². The summed E-state index contributed by atoms with van der Waals surface area (Å²) in [6.45, 7) is 17.4. The minimum Gasteiger partial charge on any atom is -0.432 e. The minimum absolute atomic E-state index is 0.0140. The molecule has 1 aromatic rings. The summed E-state index contributed by atoms with van der Waals surface area (Å²) in [7, 11) is -1.14. The number of fused-ring (bicyclic) bond motifs is 4. The molecule has 4 rings (SSSR count). The molecule has 1 aliphatic carbocycles. The summed E-state index contributed by atoms with van der Waals surface area (Å²) in [5.74, 6) is -0.960. The molecule has 2 aliphatic heterocycles. The van der Waals surface area contributed by atoms with Gasteiger partial charge in [-0.15, -0.1) is 0 Å². The van der Waals surface area contributed by atoms with Gasteiger partial charge in [-0.3, -0.25) is 10.1 Å². The molecule has 1 aromatic carbocycles. The highest BCUT2D eigenvalue weighted by molar-refractivity contribution is 6.74. The SMILES string of the molecule is COC(OC)[C@@H]1[C@@H](O[Si](C)(C)C(C)(C)C)[C@@H]2C[C@H]1[C@@]1(O[Si](C)(C)C)C[C@@H](OC(=O)c3ccc([N+](=O)[O-])cc3)O[C@H]1O2. The van der Waals surface area contributed by atoms with Crippen LogP contribution in [0.3, 0.4) is 0 Å². The summed E-state index contributed by atoms with van der Waals surface area (Å²) in [5.41, 5.74) is -0.827. The van der Waals surface area contributed by atoms with Crippen molar-refractivity contribution in [2.75, 3.05) is 14.2 Å². The number of benzene rings is 1. The molecule has 2 saturated heterocycles. The van der Waals surface area contributed by atoms with Crippen molar-refractivity contribution in [3.8, 4) is 0 Å². The second-order valence-corrected chi connectivity index (χ2v) is 22.9. The van der Waals surface area contributed by atoms with E-state index in [0.29, 0.717) is 6.42 Å². The molecule has 0 radical (unpaired) electrons. The van der Waals surface area contributed by atoms with E-state index >= 15 is 0 Å². The lowest BCUT2D eigenvalue weighted by Gasteiger charge is -2.47. The third-order valence-corrected chi connectivity index (χ3v) is 14.3. The molecule has 11 nitrogen and oxygen atoms in total. The van der Waals surface area contributed by atoms with Gasteiger partial charge >= 0.3 is 5.97 Å². The van der Waals surface area contributed by atoms with Crippen molar-refractivity contribution in [3.63, 3.8) is 0 Å². The lowest BCUT2D eigenvalue weighted by molar-refractivity contribution is -0.384. The maximum absolute atomic E-state index is 13.0. The Balaban J connectivity index is 1.66. The molecular formula is C28H45NO10Si2. The van der Waals surface area contributed by atoms with E-state index in [1.807, 2.05) is 0 Å². The lowest BCUT2D eigenvalue weighted by atomic mass is 9.77. The highest BCUT2D eigenvalue weighted by atomic mass is 28.4.